The van der Waals surface area contributed by atoms with E-state index < -0.39 is 33.7 Å². The van der Waals surface area contributed by atoms with Crippen LogP contribution in [-0.2, 0) is 16.2 Å². The van der Waals surface area contributed by atoms with Crippen LogP contribution in [-0.4, -0.2) is 98.0 Å². The maximum Gasteiger partial charge on any atom is 0.416 e. The minimum Gasteiger partial charge on any atom is -0.336 e. The average molecular weight is 539 g/mol. The lowest BCUT2D eigenvalue weighted by molar-refractivity contribution is -0.137. The number of hydrogen-bond donors (Lipinski definition) is 0. The molecular formula is C25H29F3N4O4S. The summed E-state index contributed by atoms with van der Waals surface area (Å²) in [5.41, 5.74) is 0.239. The van der Waals surface area contributed by atoms with Gasteiger partial charge in [0.05, 0.1) is 17.9 Å². The van der Waals surface area contributed by atoms with Crippen LogP contribution >= 0.6 is 0 Å². The van der Waals surface area contributed by atoms with Gasteiger partial charge < -0.3 is 14.7 Å². The van der Waals surface area contributed by atoms with Gasteiger partial charge in [-0.2, -0.15) is 17.5 Å². The molecule has 0 unspecified atom stereocenters. The van der Waals surface area contributed by atoms with Gasteiger partial charge in [-0.05, 0) is 29.8 Å². The van der Waals surface area contributed by atoms with E-state index in [1.54, 1.807) is 16.8 Å². The zero-order chi connectivity index (χ0) is 27.0. The van der Waals surface area contributed by atoms with Gasteiger partial charge in [0.25, 0.3) is 5.91 Å². The van der Waals surface area contributed by atoms with Gasteiger partial charge in [-0.25, -0.2) is 13.2 Å². The van der Waals surface area contributed by atoms with Gasteiger partial charge in [0.1, 0.15) is 0 Å². The van der Waals surface area contributed by atoms with Gasteiger partial charge in [0.15, 0.2) is 0 Å². The van der Waals surface area contributed by atoms with Gasteiger partial charge in [0.2, 0.25) is 10.0 Å². The fourth-order valence-corrected chi connectivity index (χ4v) is 5.76. The van der Waals surface area contributed by atoms with Gasteiger partial charge in [-0.15, -0.1) is 0 Å². The van der Waals surface area contributed by atoms with Gasteiger partial charge in [-0.3, -0.25) is 4.79 Å². The number of likely N-dealkylation sites (tertiary alicyclic amines) is 1. The molecular weight excluding hydrogens is 509 g/mol. The Morgan fingerprint density at radius 2 is 1.49 bits per heavy atom. The van der Waals surface area contributed by atoms with E-state index in [-0.39, 0.29) is 50.2 Å². The smallest absolute Gasteiger partial charge is 0.336 e. The first-order valence-electron chi connectivity index (χ1n) is 11.8. The number of benzene rings is 2. The minimum absolute atomic E-state index is 0.129. The number of carbonyl (C=O) groups is 2. The predicted molar refractivity (Wildman–Crippen MR) is 131 cm³/mol. The van der Waals surface area contributed by atoms with Crippen molar-refractivity contribution in [3.8, 4) is 0 Å². The van der Waals surface area contributed by atoms with Crippen LogP contribution < -0.4 is 0 Å². The molecule has 0 radical (unpaired) electrons. The highest BCUT2D eigenvalue weighted by atomic mass is 32.2. The number of sulfonamides is 1. The van der Waals surface area contributed by atoms with E-state index in [1.165, 1.54) is 9.21 Å². The molecule has 2 fully saturated rings. The van der Waals surface area contributed by atoms with Crippen LogP contribution in [0.25, 0.3) is 0 Å². The normalized spacial score (nSPS) is 21.2. The highest BCUT2D eigenvalue weighted by Gasteiger charge is 2.42. The SMILES string of the molecule is CN(C(=O)c1ccc(C(F)(F)F)cc1)[C@@H]1CN(C(=O)N2CCN(S(C)(=O)=O)CC2)C[C@H]1c1ccccc1. The fourth-order valence-electron chi connectivity index (χ4n) is 4.93. The molecule has 2 aromatic rings. The van der Waals surface area contributed by atoms with Crippen molar-refractivity contribution in [1.29, 1.82) is 0 Å². The molecule has 0 spiro atoms. The first kappa shape index (κ1) is 26.9. The van der Waals surface area contributed by atoms with E-state index in [0.29, 0.717) is 6.54 Å². The average Bonchev–Trinajstić information content (AvgIpc) is 3.32. The maximum absolute atomic E-state index is 13.3. The molecule has 2 aliphatic rings. The number of amides is 3. The number of urea groups is 1. The molecule has 0 N–H and O–H groups in total. The molecule has 37 heavy (non-hydrogen) atoms. The standard InChI is InChI=1S/C25H29F3N4O4S/c1-29(23(33)19-8-10-20(11-9-19)25(26,27)28)22-17-31(16-21(22)18-6-4-3-5-7-18)24(34)30-12-14-32(15-13-30)37(2,35)36/h3-11,21-22H,12-17H2,1-2H3/t21-,22+/m0/s1. The van der Waals surface area contributed by atoms with Crippen molar-refractivity contribution in [2.45, 2.75) is 18.1 Å². The summed E-state index contributed by atoms with van der Waals surface area (Å²) in [6, 6.07) is 12.9. The first-order valence-corrected chi connectivity index (χ1v) is 13.7. The molecule has 2 heterocycles. The van der Waals surface area contributed by atoms with Crippen LogP contribution in [0.1, 0.15) is 27.4 Å². The van der Waals surface area contributed by atoms with E-state index in [4.69, 9.17) is 0 Å². The molecule has 2 atom stereocenters. The van der Waals surface area contributed by atoms with Gasteiger partial charge in [0, 0.05) is 57.8 Å². The maximum atomic E-state index is 13.3. The predicted octanol–water partition coefficient (Wildman–Crippen LogP) is 2.94. The lowest BCUT2D eigenvalue weighted by Gasteiger charge is -2.35. The van der Waals surface area contributed by atoms with Crippen molar-refractivity contribution in [2.24, 2.45) is 0 Å². The van der Waals surface area contributed by atoms with Crippen molar-refractivity contribution in [1.82, 2.24) is 19.0 Å². The van der Waals surface area contributed by atoms with Gasteiger partial charge in [-0.1, -0.05) is 30.3 Å². The number of nitrogens with zero attached hydrogens (tertiary/aromatic N) is 4. The molecule has 0 saturated carbocycles. The summed E-state index contributed by atoms with van der Waals surface area (Å²) in [6.45, 7) is 1.57. The van der Waals surface area contributed by atoms with Crippen LogP contribution in [0.3, 0.4) is 0 Å². The summed E-state index contributed by atoms with van der Waals surface area (Å²) in [6.07, 6.45) is -3.35. The molecule has 0 bridgehead atoms. The second kappa shape index (κ2) is 10.3. The van der Waals surface area contributed by atoms with Gasteiger partial charge >= 0.3 is 12.2 Å². The fraction of sp³-hybridized carbons (Fsp3) is 0.440. The van der Waals surface area contributed by atoms with E-state index in [2.05, 4.69) is 0 Å². The lowest BCUT2D eigenvalue weighted by atomic mass is 9.93. The van der Waals surface area contributed by atoms with Crippen molar-refractivity contribution >= 4 is 22.0 Å². The topological polar surface area (TPSA) is 81.2 Å². The highest BCUT2D eigenvalue weighted by molar-refractivity contribution is 7.88. The van der Waals surface area contributed by atoms with Crippen LogP contribution in [0, 0.1) is 0 Å². The number of piperazine rings is 1. The second-order valence-electron chi connectivity index (χ2n) is 9.41. The first-order chi connectivity index (χ1) is 17.4. The van der Waals surface area contributed by atoms with E-state index in [0.717, 1.165) is 36.1 Å². The Balaban J connectivity index is 1.52. The molecule has 200 valence electrons. The largest absolute Gasteiger partial charge is 0.416 e. The summed E-state index contributed by atoms with van der Waals surface area (Å²) >= 11 is 0. The Morgan fingerprint density at radius 1 is 0.892 bits per heavy atom. The third-order valence-electron chi connectivity index (χ3n) is 7.04. The Morgan fingerprint density at radius 3 is 2.03 bits per heavy atom. The number of rotatable bonds is 4. The molecule has 2 saturated heterocycles. The van der Waals surface area contributed by atoms with Crippen molar-refractivity contribution < 1.29 is 31.2 Å². The second-order valence-corrected chi connectivity index (χ2v) is 11.4. The van der Waals surface area contributed by atoms with Crippen LogP contribution in [0.4, 0.5) is 18.0 Å². The monoisotopic (exact) mass is 538 g/mol. The Kier molecular flexibility index (Phi) is 7.52. The lowest BCUT2D eigenvalue weighted by Crippen LogP contribution is -2.53. The summed E-state index contributed by atoms with van der Waals surface area (Å²) < 4.78 is 63.8. The number of carbonyl (C=O) groups excluding carboxylic acids is 2. The Hall–Kier alpha value is -3.12. The van der Waals surface area contributed by atoms with Crippen LogP contribution in [0.2, 0.25) is 0 Å². The molecule has 2 aromatic carbocycles. The molecule has 3 amide bonds. The summed E-state index contributed by atoms with van der Waals surface area (Å²) in [5.74, 6) is -0.637. The zero-order valence-corrected chi connectivity index (χ0v) is 21.4. The van der Waals surface area contributed by atoms with Crippen molar-refractivity contribution in [2.75, 3.05) is 52.6 Å². The third kappa shape index (κ3) is 5.90. The molecule has 0 aliphatic carbocycles. The van der Waals surface area contributed by atoms with Crippen LogP contribution in [0.5, 0.6) is 0 Å². The quantitative estimate of drug-likeness (QED) is 0.600. The molecule has 4 rings (SSSR count). The minimum atomic E-state index is -4.50. The van der Waals surface area contributed by atoms with E-state index in [1.807, 2.05) is 30.3 Å². The van der Waals surface area contributed by atoms with E-state index in [9.17, 15) is 31.2 Å². The Labute approximate surface area is 214 Å². The van der Waals surface area contributed by atoms with Crippen LogP contribution in [0.15, 0.2) is 54.6 Å². The summed E-state index contributed by atoms with van der Waals surface area (Å²) in [4.78, 5) is 31.4. The third-order valence-corrected chi connectivity index (χ3v) is 8.35. The summed E-state index contributed by atoms with van der Waals surface area (Å²) in [7, 11) is -1.73. The highest BCUT2D eigenvalue weighted by Crippen LogP contribution is 2.33. The van der Waals surface area contributed by atoms with Crippen molar-refractivity contribution in [3.63, 3.8) is 0 Å². The molecule has 2 aliphatic heterocycles. The van der Waals surface area contributed by atoms with E-state index >= 15 is 0 Å². The Bertz CT molecular complexity index is 1230. The molecule has 0 aromatic heterocycles. The number of likely N-dealkylation sites (N-methyl/N-ethyl adjacent to an activating group) is 1. The number of hydrogen-bond acceptors (Lipinski definition) is 4. The molecule has 12 heteroatoms. The zero-order valence-electron chi connectivity index (χ0n) is 20.6. The molecule has 8 nitrogen and oxygen atoms in total. The van der Waals surface area contributed by atoms with Crippen molar-refractivity contribution in [3.05, 3.63) is 71.3 Å². The number of alkyl halides is 3. The number of halogens is 3. The summed E-state index contributed by atoms with van der Waals surface area (Å²) in [5, 5.41) is 0.